The van der Waals surface area contributed by atoms with Crippen molar-refractivity contribution in [3.63, 3.8) is 0 Å². The molecule has 1 aliphatic rings. The standard InChI is InChI=1S/C23H26N4O5S3/c1-14(2)13-33-23-26-25-22(34-23)24-21(28)20-12-27(18-10-5-15(3)11-19(18)32-20)35(29,30)17-8-6-16(31-4)7-9-17/h5-11,14,20H,12-13H2,1-4H3,(H,24,25,28). The van der Waals surface area contributed by atoms with Crippen molar-refractivity contribution in [1.29, 1.82) is 0 Å². The number of ether oxygens (including phenoxy) is 2. The van der Waals surface area contributed by atoms with Crippen molar-refractivity contribution < 1.29 is 22.7 Å². The number of methoxy groups -OCH3 is 1. The number of fused-ring (bicyclic) bond motifs is 1. The largest absolute Gasteiger partial charge is 0.497 e. The number of hydrogen-bond acceptors (Lipinski definition) is 9. The minimum atomic E-state index is -3.97. The lowest BCUT2D eigenvalue weighted by molar-refractivity contribution is -0.122. The smallest absolute Gasteiger partial charge is 0.269 e. The number of carbonyl (C=O) groups is 1. The maximum Gasteiger partial charge on any atom is 0.269 e. The van der Waals surface area contributed by atoms with Crippen LogP contribution in [0.5, 0.6) is 11.5 Å². The van der Waals surface area contributed by atoms with Crippen LogP contribution in [-0.2, 0) is 14.8 Å². The van der Waals surface area contributed by atoms with Crippen LogP contribution in [0.2, 0.25) is 0 Å². The highest BCUT2D eigenvalue weighted by Crippen LogP contribution is 2.38. The summed E-state index contributed by atoms with van der Waals surface area (Å²) < 4.78 is 40.2. The number of thioether (sulfide) groups is 1. The van der Waals surface area contributed by atoms with Crippen molar-refractivity contribution in [3.8, 4) is 11.5 Å². The molecule has 0 aliphatic carbocycles. The Labute approximate surface area is 212 Å². The van der Waals surface area contributed by atoms with Gasteiger partial charge in [0.15, 0.2) is 10.4 Å². The van der Waals surface area contributed by atoms with E-state index in [0.717, 1.165) is 15.7 Å². The van der Waals surface area contributed by atoms with Gasteiger partial charge in [0.25, 0.3) is 15.9 Å². The first-order valence-corrected chi connectivity index (χ1v) is 14.1. The lowest BCUT2D eigenvalue weighted by Crippen LogP contribution is -2.48. The molecule has 2 aromatic carbocycles. The third-order valence-corrected chi connectivity index (χ3v) is 9.29. The number of nitrogens with one attached hydrogen (secondary N) is 1. The average Bonchev–Trinajstić information content (AvgIpc) is 3.29. The van der Waals surface area contributed by atoms with Gasteiger partial charge in [-0.05, 0) is 54.8 Å². The van der Waals surface area contributed by atoms with Crippen LogP contribution < -0.4 is 19.1 Å². The molecule has 1 amide bonds. The number of rotatable bonds is 8. The maximum absolute atomic E-state index is 13.6. The SMILES string of the molecule is COc1ccc(S(=O)(=O)N2CC(C(=O)Nc3nnc(SCC(C)C)s3)Oc3cc(C)ccc32)cc1. The van der Waals surface area contributed by atoms with Crippen LogP contribution in [0.4, 0.5) is 10.8 Å². The fraction of sp³-hybridized carbons (Fsp3) is 0.348. The van der Waals surface area contributed by atoms with Crippen LogP contribution >= 0.6 is 23.1 Å². The number of carbonyl (C=O) groups excluding carboxylic acids is 1. The minimum absolute atomic E-state index is 0.0850. The summed E-state index contributed by atoms with van der Waals surface area (Å²) in [5.74, 6) is 1.76. The number of hydrogen-bond donors (Lipinski definition) is 1. The van der Waals surface area contributed by atoms with Gasteiger partial charge in [-0.25, -0.2) is 8.42 Å². The first-order valence-electron chi connectivity index (χ1n) is 10.9. The fourth-order valence-electron chi connectivity index (χ4n) is 3.34. The molecular formula is C23H26N4O5S3. The normalized spacial score (nSPS) is 15.5. The van der Waals surface area contributed by atoms with Crippen LogP contribution in [0.15, 0.2) is 51.7 Å². The van der Waals surface area contributed by atoms with Gasteiger partial charge in [-0.2, -0.15) is 0 Å². The molecule has 0 saturated heterocycles. The Kier molecular flexibility index (Phi) is 7.53. The second kappa shape index (κ2) is 10.4. The van der Waals surface area contributed by atoms with E-state index >= 15 is 0 Å². The van der Waals surface area contributed by atoms with Gasteiger partial charge in [0.05, 0.1) is 24.2 Å². The lowest BCUT2D eigenvalue weighted by Gasteiger charge is -2.34. The zero-order chi connectivity index (χ0) is 25.2. The average molecular weight is 535 g/mol. The Bertz CT molecular complexity index is 1310. The van der Waals surface area contributed by atoms with E-state index in [2.05, 4.69) is 29.4 Å². The van der Waals surface area contributed by atoms with E-state index in [1.54, 1.807) is 42.1 Å². The molecule has 9 nitrogen and oxygen atoms in total. The molecule has 2 heterocycles. The first-order chi connectivity index (χ1) is 16.7. The predicted octanol–water partition coefficient (Wildman–Crippen LogP) is 4.20. The Hall–Kier alpha value is -2.83. The number of anilines is 2. The second-order valence-corrected chi connectivity index (χ2v) is 12.5. The van der Waals surface area contributed by atoms with Crippen LogP contribution in [0.1, 0.15) is 19.4 Å². The predicted molar refractivity (Wildman–Crippen MR) is 137 cm³/mol. The summed E-state index contributed by atoms with van der Waals surface area (Å²) in [4.78, 5) is 13.2. The molecule has 1 unspecified atom stereocenters. The van der Waals surface area contributed by atoms with Crippen molar-refractivity contribution in [2.75, 3.05) is 29.0 Å². The molecule has 0 radical (unpaired) electrons. The van der Waals surface area contributed by atoms with Crippen molar-refractivity contribution in [2.24, 2.45) is 5.92 Å². The van der Waals surface area contributed by atoms with Gasteiger partial charge in [0.2, 0.25) is 5.13 Å². The van der Waals surface area contributed by atoms with Gasteiger partial charge < -0.3 is 9.47 Å². The van der Waals surface area contributed by atoms with Crippen LogP contribution in [0.25, 0.3) is 0 Å². The van der Waals surface area contributed by atoms with Crippen molar-refractivity contribution in [1.82, 2.24) is 10.2 Å². The zero-order valence-corrected chi connectivity index (χ0v) is 22.2. The Balaban J connectivity index is 1.59. The number of sulfonamides is 1. The Morgan fingerprint density at radius 2 is 2.00 bits per heavy atom. The van der Waals surface area contributed by atoms with E-state index in [9.17, 15) is 13.2 Å². The van der Waals surface area contributed by atoms with E-state index in [-0.39, 0.29) is 11.4 Å². The zero-order valence-electron chi connectivity index (χ0n) is 19.7. The molecule has 35 heavy (non-hydrogen) atoms. The molecule has 1 atom stereocenters. The number of aryl methyl sites for hydroxylation is 1. The summed E-state index contributed by atoms with van der Waals surface area (Å²) in [5, 5.41) is 11.2. The number of benzene rings is 2. The molecule has 1 N–H and O–H groups in total. The molecule has 0 bridgehead atoms. The van der Waals surface area contributed by atoms with E-state index in [0.29, 0.717) is 28.2 Å². The summed E-state index contributed by atoms with van der Waals surface area (Å²) >= 11 is 2.85. The molecule has 1 aromatic heterocycles. The molecule has 0 saturated carbocycles. The van der Waals surface area contributed by atoms with Crippen LogP contribution in [0, 0.1) is 12.8 Å². The molecule has 0 fully saturated rings. The minimum Gasteiger partial charge on any atom is -0.497 e. The number of amides is 1. The fourth-order valence-corrected chi connectivity index (χ4v) is 6.55. The second-order valence-electron chi connectivity index (χ2n) is 8.36. The third-order valence-electron chi connectivity index (χ3n) is 5.10. The van der Waals surface area contributed by atoms with E-state index < -0.39 is 22.0 Å². The van der Waals surface area contributed by atoms with Crippen LogP contribution in [0.3, 0.4) is 0 Å². The number of aromatic nitrogens is 2. The summed E-state index contributed by atoms with van der Waals surface area (Å²) in [5.41, 5.74) is 1.25. The topological polar surface area (TPSA) is 111 Å². The summed E-state index contributed by atoms with van der Waals surface area (Å²) in [6, 6.07) is 11.3. The monoisotopic (exact) mass is 534 g/mol. The van der Waals surface area contributed by atoms with Crippen molar-refractivity contribution in [2.45, 2.75) is 36.1 Å². The molecular weight excluding hydrogens is 508 g/mol. The molecule has 1 aliphatic heterocycles. The first kappa shape index (κ1) is 25.3. The molecule has 4 rings (SSSR count). The highest BCUT2D eigenvalue weighted by Gasteiger charge is 2.38. The summed E-state index contributed by atoms with van der Waals surface area (Å²) in [6.45, 7) is 5.90. The Morgan fingerprint density at radius 3 is 2.69 bits per heavy atom. The highest BCUT2D eigenvalue weighted by atomic mass is 32.2. The van der Waals surface area contributed by atoms with Crippen molar-refractivity contribution >= 4 is 49.8 Å². The molecule has 12 heteroatoms. The van der Waals surface area contributed by atoms with Gasteiger partial charge >= 0.3 is 0 Å². The van der Waals surface area contributed by atoms with Crippen molar-refractivity contribution in [3.05, 3.63) is 48.0 Å². The molecule has 0 spiro atoms. The van der Waals surface area contributed by atoms with Gasteiger partial charge in [-0.1, -0.05) is 43.0 Å². The van der Waals surface area contributed by atoms with E-state index in [4.69, 9.17) is 9.47 Å². The van der Waals surface area contributed by atoms with Gasteiger partial charge in [0, 0.05) is 5.75 Å². The highest BCUT2D eigenvalue weighted by molar-refractivity contribution is 8.01. The molecule has 186 valence electrons. The maximum atomic E-state index is 13.6. The summed E-state index contributed by atoms with van der Waals surface area (Å²) in [7, 11) is -2.46. The van der Waals surface area contributed by atoms with Gasteiger partial charge in [0.1, 0.15) is 11.5 Å². The number of nitrogens with zero attached hydrogens (tertiary/aromatic N) is 3. The van der Waals surface area contributed by atoms with E-state index in [1.807, 2.05) is 6.92 Å². The van der Waals surface area contributed by atoms with E-state index in [1.165, 1.54) is 34.9 Å². The Morgan fingerprint density at radius 1 is 1.26 bits per heavy atom. The van der Waals surface area contributed by atoms with Gasteiger partial charge in [-0.15, -0.1) is 10.2 Å². The van der Waals surface area contributed by atoms with Gasteiger partial charge in [-0.3, -0.25) is 14.4 Å². The third kappa shape index (κ3) is 5.71. The molecule has 3 aromatic rings. The quantitative estimate of drug-likeness (QED) is 0.338. The van der Waals surface area contributed by atoms with Crippen LogP contribution in [-0.4, -0.2) is 50.0 Å². The summed E-state index contributed by atoms with van der Waals surface area (Å²) in [6.07, 6.45) is -1.08. The lowest BCUT2D eigenvalue weighted by atomic mass is 10.1.